The van der Waals surface area contributed by atoms with Crippen molar-refractivity contribution in [3.05, 3.63) is 35.4 Å². The molecule has 1 heterocycles. The SMILES string of the molecule is CC1CCN(Cc2ccc(CN=C(N)NCC3CCC3)cc2)CC1. The first-order valence-corrected chi connectivity index (χ1v) is 9.53. The van der Waals surface area contributed by atoms with Gasteiger partial charge in [0.25, 0.3) is 0 Å². The van der Waals surface area contributed by atoms with Gasteiger partial charge >= 0.3 is 0 Å². The fraction of sp³-hybridized carbons (Fsp3) is 0.650. The van der Waals surface area contributed by atoms with Crippen LogP contribution in [0.4, 0.5) is 0 Å². The number of guanidine groups is 1. The van der Waals surface area contributed by atoms with Crippen molar-refractivity contribution in [3.8, 4) is 0 Å². The maximum atomic E-state index is 5.95. The molecule has 24 heavy (non-hydrogen) atoms. The largest absolute Gasteiger partial charge is 0.370 e. The van der Waals surface area contributed by atoms with Crippen LogP contribution in [0.15, 0.2) is 29.3 Å². The van der Waals surface area contributed by atoms with Crippen molar-refractivity contribution >= 4 is 5.96 Å². The zero-order valence-electron chi connectivity index (χ0n) is 15.0. The number of piperidine rings is 1. The van der Waals surface area contributed by atoms with E-state index in [1.807, 2.05) is 0 Å². The van der Waals surface area contributed by atoms with Crippen molar-refractivity contribution in [1.82, 2.24) is 10.2 Å². The molecule has 3 N–H and O–H groups in total. The normalized spacial score (nSPS) is 20.8. The summed E-state index contributed by atoms with van der Waals surface area (Å²) in [6.07, 6.45) is 6.70. The average molecular weight is 329 g/mol. The number of nitrogens with one attached hydrogen (secondary N) is 1. The zero-order chi connectivity index (χ0) is 16.8. The van der Waals surface area contributed by atoms with Gasteiger partial charge in [0.1, 0.15) is 0 Å². The first kappa shape index (κ1) is 17.3. The van der Waals surface area contributed by atoms with E-state index in [9.17, 15) is 0 Å². The molecule has 1 saturated heterocycles. The minimum Gasteiger partial charge on any atom is -0.370 e. The van der Waals surface area contributed by atoms with Crippen molar-refractivity contribution in [2.75, 3.05) is 19.6 Å². The second-order valence-corrected chi connectivity index (χ2v) is 7.65. The van der Waals surface area contributed by atoms with Crippen LogP contribution < -0.4 is 11.1 Å². The van der Waals surface area contributed by atoms with Gasteiger partial charge in [-0.2, -0.15) is 0 Å². The molecule has 1 saturated carbocycles. The van der Waals surface area contributed by atoms with Crippen molar-refractivity contribution in [2.45, 2.75) is 52.1 Å². The Morgan fingerprint density at radius 2 is 1.79 bits per heavy atom. The van der Waals surface area contributed by atoms with Crippen molar-refractivity contribution in [1.29, 1.82) is 0 Å². The van der Waals surface area contributed by atoms with Crippen LogP contribution in [0.3, 0.4) is 0 Å². The molecule has 0 spiro atoms. The second-order valence-electron chi connectivity index (χ2n) is 7.65. The maximum absolute atomic E-state index is 5.95. The third-order valence-corrected chi connectivity index (χ3v) is 5.53. The first-order valence-electron chi connectivity index (χ1n) is 9.53. The Morgan fingerprint density at radius 3 is 2.42 bits per heavy atom. The lowest BCUT2D eigenvalue weighted by Gasteiger charge is -2.30. The molecule has 4 heteroatoms. The Hall–Kier alpha value is -1.55. The summed E-state index contributed by atoms with van der Waals surface area (Å²) in [5.74, 6) is 2.27. The van der Waals surface area contributed by atoms with Crippen molar-refractivity contribution < 1.29 is 0 Å². The molecule has 2 fully saturated rings. The quantitative estimate of drug-likeness (QED) is 0.623. The van der Waals surface area contributed by atoms with Gasteiger partial charge in [0.2, 0.25) is 0 Å². The highest BCUT2D eigenvalue weighted by molar-refractivity contribution is 5.77. The summed E-state index contributed by atoms with van der Waals surface area (Å²) in [6, 6.07) is 8.84. The Labute approximate surface area is 146 Å². The Morgan fingerprint density at radius 1 is 1.12 bits per heavy atom. The van der Waals surface area contributed by atoms with Gasteiger partial charge in [0.15, 0.2) is 5.96 Å². The van der Waals surface area contributed by atoms with Gasteiger partial charge < -0.3 is 11.1 Å². The number of nitrogens with two attached hydrogens (primary N) is 1. The van der Waals surface area contributed by atoms with E-state index in [0.717, 1.165) is 24.9 Å². The standard InChI is InChI=1S/C20H32N4/c1-16-9-11-24(12-10-16)15-19-7-5-18(6-8-19)14-23-20(21)22-13-17-3-2-4-17/h5-8,16-17H,2-4,9-15H2,1H3,(H3,21,22,23). The van der Waals surface area contributed by atoms with Gasteiger partial charge in [-0.05, 0) is 61.7 Å². The van der Waals surface area contributed by atoms with Gasteiger partial charge in [0, 0.05) is 13.1 Å². The zero-order valence-corrected chi connectivity index (χ0v) is 15.0. The van der Waals surface area contributed by atoms with E-state index in [0.29, 0.717) is 12.5 Å². The molecule has 132 valence electrons. The van der Waals surface area contributed by atoms with Crippen LogP contribution in [0.1, 0.15) is 50.2 Å². The van der Waals surface area contributed by atoms with Crippen molar-refractivity contribution in [2.24, 2.45) is 22.6 Å². The van der Waals surface area contributed by atoms with E-state index >= 15 is 0 Å². The number of nitrogens with zero attached hydrogens (tertiary/aromatic N) is 2. The van der Waals surface area contributed by atoms with Crippen LogP contribution in [0.25, 0.3) is 0 Å². The summed E-state index contributed by atoms with van der Waals surface area (Å²) in [5, 5.41) is 3.24. The molecule has 1 aliphatic heterocycles. The summed E-state index contributed by atoms with van der Waals surface area (Å²) in [6.45, 7) is 7.53. The molecule has 3 rings (SSSR count). The molecule has 0 amide bonds. The summed E-state index contributed by atoms with van der Waals surface area (Å²) in [7, 11) is 0. The monoisotopic (exact) mass is 328 g/mol. The van der Waals surface area contributed by atoms with Crippen LogP contribution in [-0.2, 0) is 13.1 Å². The van der Waals surface area contributed by atoms with E-state index in [1.54, 1.807) is 0 Å². The van der Waals surface area contributed by atoms with Crippen molar-refractivity contribution in [3.63, 3.8) is 0 Å². The van der Waals surface area contributed by atoms with Gasteiger partial charge in [0.05, 0.1) is 6.54 Å². The molecular formula is C20H32N4. The lowest BCUT2D eigenvalue weighted by Crippen LogP contribution is -2.37. The first-order chi connectivity index (χ1) is 11.7. The predicted molar refractivity (Wildman–Crippen MR) is 101 cm³/mol. The third kappa shape index (κ3) is 5.23. The molecule has 0 radical (unpaired) electrons. The van der Waals surface area contributed by atoms with Gasteiger partial charge in [-0.3, -0.25) is 4.90 Å². The highest BCUT2D eigenvalue weighted by atomic mass is 15.1. The minimum atomic E-state index is 0.577. The molecule has 0 atom stereocenters. The lowest BCUT2D eigenvalue weighted by atomic mass is 9.85. The summed E-state index contributed by atoms with van der Waals surface area (Å²) in [4.78, 5) is 7.02. The lowest BCUT2D eigenvalue weighted by molar-refractivity contribution is 0.185. The molecule has 0 aromatic heterocycles. The molecule has 1 aromatic carbocycles. The average Bonchev–Trinajstić information content (AvgIpc) is 2.55. The highest BCUT2D eigenvalue weighted by Gasteiger charge is 2.17. The molecule has 0 unspecified atom stereocenters. The van der Waals surface area contributed by atoms with Gasteiger partial charge in [-0.1, -0.05) is 37.6 Å². The summed E-state index contributed by atoms with van der Waals surface area (Å²) < 4.78 is 0. The fourth-order valence-corrected chi connectivity index (χ4v) is 3.41. The molecule has 0 bridgehead atoms. The number of hydrogen-bond acceptors (Lipinski definition) is 2. The number of benzene rings is 1. The van der Waals surface area contributed by atoms with Crippen LogP contribution >= 0.6 is 0 Å². The third-order valence-electron chi connectivity index (χ3n) is 5.53. The van der Waals surface area contributed by atoms with Gasteiger partial charge in [-0.15, -0.1) is 0 Å². The van der Waals surface area contributed by atoms with E-state index in [1.165, 1.54) is 56.3 Å². The second kappa shape index (κ2) is 8.52. The van der Waals surface area contributed by atoms with E-state index in [2.05, 4.69) is 46.4 Å². The van der Waals surface area contributed by atoms with E-state index in [4.69, 9.17) is 5.73 Å². The maximum Gasteiger partial charge on any atom is 0.188 e. The molecule has 4 nitrogen and oxygen atoms in total. The number of aliphatic imine (C=N–C) groups is 1. The van der Waals surface area contributed by atoms with Gasteiger partial charge in [-0.25, -0.2) is 4.99 Å². The Kier molecular flexibility index (Phi) is 6.13. The van der Waals surface area contributed by atoms with Crippen LogP contribution in [-0.4, -0.2) is 30.5 Å². The molecule has 1 aromatic rings. The smallest absolute Gasteiger partial charge is 0.188 e. The predicted octanol–water partition coefficient (Wildman–Crippen LogP) is 3.12. The van der Waals surface area contributed by atoms with E-state index < -0.39 is 0 Å². The van der Waals surface area contributed by atoms with Crippen LogP contribution in [0.5, 0.6) is 0 Å². The van der Waals surface area contributed by atoms with Crippen LogP contribution in [0.2, 0.25) is 0 Å². The summed E-state index contributed by atoms with van der Waals surface area (Å²) >= 11 is 0. The number of rotatable bonds is 6. The number of likely N-dealkylation sites (tertiary alicyclic amines) is 1. The van der Waals surface area contributed by atoms with E-state index in [-0.39, 0.29) is 0 Å². The van der Waals surface area contributed by atoms with Crippen LogP contribution in [0, 0.1) is 11.8 Å². The topological polar surface area (TPSA) is 53.6 Å². The Balaban J connectivity index is 1.42. The highest BCUT2D eigenvalue weighted by Crippen LogP contribution is 2.25. The summed E-state index contributed by atoms with van der Waals surface area (Å²) in [5.41, 5.74) is 8.56. The number of hydrogen-bond donors (Lipinski definition) is 2. The molecule has 2 aliphatic rings. The Bertz CT molecular complexity index is 525. The fourth-order valence-electron chi connectivity index (χ4n) is 3.41. The minimum absolute atomic E-state index is 0.577. The molecule has 1 aliphatic carbocycles. The molecular weight excluding hydrogens is 296 g/mol.